The Morgan fingerprint density at radius 1 is 1.45 bits per heavy atom. The van der Waals surface area contributed by atoms with Crippen LogP contribution in [-0.2, 0) is 6.61 Å². The zero-order valence-electron chi connectivity index (χ0n) is 6.33. The van der Waals surface area contributed by atoms with E-state index in [1.807, 2.05) is 12.3 Å². The van der Waals surface area contributed by atoms with Crippen molar-refractivity contribution in [3.05, 3.63) is 29.6 Å². The van der Waals surface area contributed by atoms with Gasteiger partial charge in [-0.15, -0.1) is 0 Å². The number of hydrogen-bond donors (Lipinski definition) is 1. The Bertz CT molecular complexity index is 238. The molecular weight excluding hydrogens is 138 g/mol. The zero-order chi connectivity index (χ0) is 7.68. The van der Waals surface area contributed by atoms with Gasteiger partial charge in [0.25, 0.3) is 0 Å². The molecule has 1 aliphatic rings. The Morgan fingerprint density at radius 2 is 2.27 bits per heavy atom. The highest BCUT2D eigenvalue weighted by molar-refractivity contribution is 5.21. The third-order valence-electron chi connectivity index (χ3n) is 2.06. The van der Waals surface area contributed by atoms with E-state index in [4.69, 9.17) is 5.11 Å². The summed E-state index contributed by atoms with van der Waals surface area (Å²) in [7, 11) is 0. The van der Waals surface area contributed by atoms with E-state index in [2.05, 4.69) is 11.1 Å². The van der Waals surface area contributed by atoms with Gasteiger partial charge in [0.1, 0.15) is 0 Å². The second-order valence-corrected chi connectivity index (χ2v) is 3.02. The molecule has 2 nitrogen and oxygen atoms in total. The van der Waals surface area contributed by atoms with Crippen LogP contribution >= 0.6 is 0 Å². The van der Waals surface area contributed by atoms with E-state index in [0.29, 0.717) is 0 Å². The number of aliphatic hydroxyl groups excluding tert-OH is 1. The predicted molar refractivity (Wildman–Crippen MR) is 42.1 cm³/mol. The van der Waals surface area contributed by atoms with Crippen LogP contribution in [0.2, 0.25) is 0 Å². The summed E-state index contributed by atoms with van der Waals surface area (Å²) in [6, 6.07) is 3.96. The topological polar surface area (TPSA) is 33.1 Å². The number of nitrogens with zero attached hydrogens (tertiary/aromatic N) is 1. The van der Waals surface area contributed by atoms with Crippen molar-refractivity contribution in [1.29, 1.82) is 0 Å². The smallest absolute Gasteiger partial charge is 0.0852 e. The molecule has 2 heteroatoms. The lowest BCUT2D eigenvalue weighted by molar-refractivity contribution is 0.277. The van der Waals surface area contributed by atoms with Gasteiger partial charge in [0.2, 0.25) is 0 Å². The van der Waals surface area contributed by atoms with Crippen LogP contribution in [0, 0.1) is 0 Å². The van der Waals surface area contributed by atoms with Crippen molar-refractivity contribution < 1.29 is 5.11 Å². The van der Waals surface area contributed by atoms with Gasteiger partial charge in [-0.1, -0.05) is 6.07 Å². The highest BCUT2D eigenvalue weighted by Crippen LogP contribution is 2.39. The molecule has 1 fully saturated rings. The lowest BCUT2D eigenvalue weighted by Gasteiger charge is -1.97. The molecule has 1 heterocycles. The fraction of sp³-hybridized carbons (Fsp3) is 0.444. The van der Waals surface area contributed by atoms with Gasteiger partial charge in [-0.05, 0) is 30.4 Å². The molecule has 1 aromatic heterocycles. The van der Waals surface area contributed by atoms with Gasteiger partial charge in [0.05, 0.1) is 12.3 Å². The molecule has 1 N–H and O–H groups in total. The van der Waals surface area contributed by atoms with Crippen LogP contribution in [0.15, 0.2) is 18.3 Å². The number of hydrogen-bond acceptors (Lipinski definition) is 2. The maximum atomic E-state index is 8.72. The molecule has 1 aromatic rings. The van der Waals surface area contributed by atoms with Crippen LogP contribution < -0.4 is 0 Å². The minimum atomic E-state index is 0.0466. The average molecular weight is 149 g/mol. The van der Waals surface area contributed by atoms with Crippen LogP contribution in [0.3, 0.4) is 0 Å². The Hall–Kier alpha value is -0.890. The molecule has 11 heavy (non-hydrogen) atoms. The van der Waals surface area contributed by atoms with E-state index in [1.54, 1.807) is 0 Å². The number of rotatable bonds is 2. The monoisotopic (exact) mass is 149 g/mol. The lowest BCUT2D eigenvalue weighted by Crippen LogP contribution is -1.89. The summed E-state index contributed by atoms with van der Waals surface area (Å²) < 4.78 is 0. The Morgan fingerprint density at radius 3 is 2.73 bits per heavy atom. The molecule has 1 aliphatic carbocycles. The van der Waals surface area contributed by atoms with Crippen LogP contribution in [-0.4, -0.2) is 10.1 Å². The molecule has 58 valence electrons. The maximum Gasteiger partial charge on any atom is 0.0852 e. The molecule has 0 aromatic carbocycles. The van der Waals surface area contributed by atoms with Crippen LogP contribution in [0.1, 0.15) is 30.0 Å². The van der Waals surface area contributed by atoms with Crippen LogP contribution in [0.5, 0.6) is 0 Å². The van der Waals surface area contributed by atoms with Gasteiger partial charge in [-0.25, -0.2) is 0 Å². The number of aliphatic hydroxyl groups is 1. The molecule has 0 radical (unpaired) electrons. The van der Waals surface area contributed by atoms with Gasteiger partial charge in [0.15, 0.2) is 0 Å². The van der Waals surface area contributed by atoms with Gasteiger partial charge in [-0.2, -0.15) is 0 Å². The Balaban J connectivity index is 2.19. The van der Waals surface area contributed by atoms with Crippen molar-refractivity contribution in [1.82, 2.24) is 4.98 Å². The van der Waals surface area contributed by atoms with Gasteiger partial charge in [0, 0.05) is 6.20 Å². The van der Waals surface area contributed by atoms with E-state index >= 15 is 0 Å². The van der Waals surface area contributed by atoms with Crippen molar-refractivity contribution in [3.63, 3.8) is 0 Å². The largest absolute Gasteiger partial charge is 0.390 e. The van der Waals surface area contributed by atoms with Gasteiger partial charge < -0.3 is 5.11 Å². The van der Waals surface area contributed by atoms with E-state index in [9.17, 15) is 0 Å². The minimum Gasteiger partial charge on any atom is -0.390 e. The molecule has 0 atom stereocenters. The quantitative estimate of drug-likeness (QED) is 0.690. The first-order chi connectivity index (χ1) is 5.40. The van der Waals surface area contributed by atoms with Gasteiger partial charge >= 0.3 is 0 Å². The maximum absolute atomic E-state index is 8.72. The molecular formula is C9H11NO. The first kappa shape index (κ1) is 6.80. The molecule has 0 aliphatic heterocycles. The summed E-state index contributed by atoms with van der Waals surface area (Å²) in [6.45, 7) is 0.0466. The average Bonchev–Trinajstić information content (AvgIpc) is 2.87. The molecule has 0 bridgehead atoms. The fourth-order valence-electron chi connectivity index (χ4n) is 1.19. The summed E-state index contributed by atoms with van der Waals surface area (Å²) in [5.74, 6) is 0.759. The van der Waals surface area contributed by atoms with E-state index in [0.717, 1.165) is 11.6 Å². The highest BCUT2D eigenvalue weighted by atomic mass is 16.3. The van der Waals surface area contributed by atoms with Crippen LogP contribution in [0.25, 0.3) is 0 Å². The molecule has 0 unspecified atom stereocenters. The molecule has 2 rings (SSSR count). The van der Waals surface area contributed by atoms with Crippen molar-refractivity contribution in [2.24, 2.45) is 0 Å². The highest BCUT2D eigenvalue weighted by Gasteiger charge is 2.23. The SMILES string of the molecule is OCc1ccc(C2CC2)cn1. The van der Waals surface area contributed by atoms with E-state index in [1.165, 1.54) is 18.4 Å². The van der Waals surface area contributed by atoms with Crippen molar-refractivity contribution in [2.45, 2.75) is 25.4 Å². The summed E-state index contributed by atoms with van der Waals surface area (Å²) in [6.07, 6.45) is 4.49. The minimum absolute atomic E-state index is 0.0466. The molecule has 1 saturated carbocycles. The standard InChI is InChI=1S/C9H11NO/c11-6-9-4-3-8(5-10-9)7-1-2-7/h3-5,7,11H,1-2,6H2. The van der Waals surface area contributed by atoms with Crippen LogP contribution in [0.4, 0.5) is 0 Å². The fourth-order valence-corrected chi connectivity index (χ4v) is 1.19. The summed E-state index contributed by atoms with van der Waals surface area (Å²) in [5.41, 5.74) is 2.08. The Labute approximate surface area is 65.9 Å². The van der Waals surface area contributed by atoms with Gasteiger partial charge in [-0.3, -0.25) is 4.98 Å². The number of pyridine rings is 1. The van der Waals surface area contributed by atoms with Crippen molar-refractivity contribution in [3.8, 4) is 0 Å². The molecule has 0 spiro atoms. The van der Waals surface area contributed by atoms with Crippen molar-refractivity contribution >= 4 is 0 Å². The van der Waals surface area contributed by atoms with Crippen molar-refractivity contribution in [2.75, 3.05) is 0 Å². The normalized spacial score (nSPS) is 16.8. The molecule has 0 amide bonds. The Kier molecular flexibility index (Phi) is 1.62. The summed E-state index contributed by atoms with van der Waals surface area (Å²) in [5, 5.41) is 8.72. The second-order valence-electron chi connectivity index (χ2n) is 3.02. The lowest BCUT2D eigenvalue weighted by atomic mass is 10.2. The zero-order valence-corrected chi connectivity index (χ0v) is 6.33. The number of aromatic nitrogens is 1. The third kappa shape index (κ3) is 1.40. The first-order valence-electron chi connectivity index (χ1n) is 3.96. The summed E-state index contributed by atoms with van der Waals surface area (Å²) in [4.78, 5) is 4.11. The summed E-state index contributed by atoms with van der Waals surface area (Å²) >= 11 is 0. The van der Waals surface area contributed by atoms with E-state index < -0.39 is 0 Å². The predicted octanol–water partition coefficient (Wildman–Crippen LogP) is 1.45. The third-order valence-corrected chi connectivity index (χ3v) is 2.06. The first-order valence-corrected chi connectivity index (χ1v) is 3.96. The molecule has 0 saturated heterocycles. The second kappa shape index (κ2) is 2.62. The van der Waals surface area contributed by atoms with E-state index in [-0.39, 0.29) is 6.61 Å².